The molecular formula is C13H17FN4. The Balaban J connectivity index is 2.26. The molecular weight excluding hydrogens is 231 g/mol. The van der Waals surface area contributed by atoms with Gasteiger partial charge >= 0.3 is 0 Å². The molecule has 1 atom stereocenters. The fourth-order valence-electron chi connectivity index (χ4n) is 1.80. The molecule has 0 radical (unpaired) electrons. The van der Waals surface area contributed by atoms with Crippen molar-refractivity contribution in [1.29, 1.82) is 0 Å². The van der Waals surface area contributed by atoms with Crippen LogP contribution in [0.3, 0.4) is 0 Å². The highest BCUT2D eigenvalue weighted by Crippen LogP contribution is 2.16. The fourth-order valence-corrected chi connectivity index (χ4v) is 1.80. The smallest absolute Gasteiger partial charge is 0.126 e. The standard InChI is InChI=1S/C13H17FN4/c1-3-4-12(15)13-8-18(17-16-13)10-5-6-11(14)9(2)7-10/h5-8,12H,3-4,15H2,1-2H3. The van der Waals surface area contributed by atoms with Crippen molar-refractivity contribution in [1.82, 2.24) is 15.0 Å². The minimum absolute atomic E-state index is 0.0923. The number of rotatable bonds is 4. The second-order valence-electron chi connectivity index (χ2n) is 4.42. The van der Waals surface area contributed by atoms with Crippen LogP contribution < -0.4 is 5.73 Å². The van der Waals surface area contributed by atoms with Crippen LogP contribution in [0.5, 0.6) is 0 Å². The largest absolute Gasteiger partial charge is 0.323 e. The van der Waals surface area contributed by atoms with Gasteiger partial charge < -0.3 is 5.73 Å². The molecule has 2 aromatic rings. The van der Waals surface area contributed by atoms with Gasteiger partial charge in [0.2, 0.25) is 0 Å². The summed E-state index contributed by atoms with van der Waals surface area (Å²) < 4.78 is 14.8. The van der Waals surface area contributed by atoms with Crippen LogP contribution in [-0.2, 0) is 0 Å². The van der Waals surface area contributed by atoms with Crippen LogP contribution in [-0.4, -0.2) is 15.0 Å². The first-order chi connectivity index (χ1) is 8.61. The molecule has 4 nitrogen and oxygen atoms in total. The van der Waals surface area contributed by atoms with Crippen LogP contribution in [0.2, 0.25) is 0 Å². The summed E-state index contributed by atoms with van der Waals surface area (Å²) in [5.41, 5.74) is 8.11. The Morgan fingerprint density at radius 3 is 2.89 bits per heavy atom. The Bertz CT molecular complexity index is 536. The molecule has 1 aromatic heterocycles. The van der Waals surface area contributed by atoms with E-state index in [-0.39, 0.29) is 11.9 Å². The van der Waals surface area contributed by atoms with Gasteiger partial charge in [-0.3, -0.25) is 0 Å². The fraction of sp³-hybridized carbons (Fsp3) is 0.385. The third kappa shape index (κ3) is 2.56. The van der Waals surface area contributed by atoms with E-state index in [1.165, 1.54) is 6.07 Å². The minimum atomic E-state index is -0.221. The van der Waals surface area contributed by atoms with Crippen molar-refractivity contribution in [3.05, 3.63) is 41.5 Å². The van der Waals surface area contributed by atoms with E-state index in [0.717, 1.165) is 24.2 Å². The lowest BCUT2D eigenvalue weighted by molar-refractivity contribution is 0.617. The number of benzene rings is 1. The average molecular weight is 248 g/mol. The number of halogens is 1. The maximum Gasteiger partial charge on any atom is 0.126 e. The number of nitrogens with two attached hydrogens (primary N) is 1. The normalized spacial score (nSPS) is 12.7. The number of aromatic nitrogens is 3. The topological polar surface area (TPSA) is 56.7 Å². The number of nitrogens with zero attached hydrogens (tertiary/aromatic N) is 3. The molecule has 96 valence electrons. The van der Waals surface area contributed by atoms with Crippen molar-refractivity contribution in [2.45, 2.75) is 32.7 Å². The summed E-state index contributed by atoms with van der Waals surface area (Å²) in [5.74, 6) is -0.221. The van der Waals surface area contributed by atoms with Crippen molar-refractivity contribution in [2.24, 2.45) is 5.73 Å². The zero-order chi connectivity index (χ0) is 13.1. The van der Waals surface area contributed by atoms with Gasteiger partial charge in [0.1, 0.15) is 5.82 Å². The summed E-state index contributed by atoms with van der Waals surface area (Å²) in [5, 5.41) is 8.08. The average Bonchev–Trinajstić information content (AvgIpc) is 2.82. The van der Waals surface area contributed by atoms with Gasteiger partial charge in [-0.2, -0.15) is 0 Å². The zero-order valence-electron chi connectivity index (χ0n) is 10.6. The third-order valence-electron chi connectivity index (χ3n) is 2.90. The molecule has 0 saturated carbocycles. The quantitative estimate of drug-likeness (QED) is 0.904. The van der Waals surface area contributed by atoms with Gasteiger partial charge in [-0.25, -0.2) is 9.07 Å². The molecule has 0 fully saturated rings. The van der Waals surface area contributed by atoms with E-state index < -0.39 is 0 Å². The summed E-state index contributed by atoms with van der Waals surface area (Å²) in [7, 11) is 0. The van der Waals surface area contributed by atoms with Crippen molar-refractivity contribution in [2.75, 3.05) is 0 Å². The molecule has 5 heteroatoms. The molecule has 0 spiro atoms. The molecule has 0 bridgehead atoms. The van der Waals surface area contributed by atoms with E-state index in [4.69, 9.17) is 5.73 Å². The maximum absolute atomic E-state index is 13.2. The Morgan fingerprint density at radius 1 is 1.44 bits per heavy atom. The van der Waals surface area contributed by atoms with Crippen LogP contribution in [0.4, 0.5) is 4.39 Å². The second-order valence-corrected chi connectivity index (χ2v) is 4.42. The van der Waals surface area contributed by atoms with E-state index in [1.807, 2.05) is 0 Å². The molecule has 1 aromatic carbocycles. The van der Waals surface area contributed by atoms with Gasteiger partial charge in [0.05, 0.1) is 23.6 Å². The predicted octanol–water partition coefficient (Wildman–Crippen LogP) is 2.51. The van der Waals surface area contributed by atoms with E-state index in [2.05, 4.69) is 17.2 Å². The van der Waals surface area contributed by atoms with E-state index in [9.17, 15) is 4.39 Å². The number of hydrogen-bond acceptors (Lipinski definition) is 3. The van der Waals surface area contributed by atoms with E-state index in [1.54, 1.807) is 29.9 Å². The molecule has 1 heterocycles. The lowest BCUT2D eigenvalue weighted by Gasteiger charge is -2.05. The Kier molecular flexibility index (Phi) is 3.72. The predicted molar refractivity (Wildman–Crippen MR) is 67.9 cm³/mol. The molecule has 2 rings (SSSR count). The van der Waals surface area contributed by atoms with Crippen molar-refractivity contribution >= 4 is 0 Å². The molecule has 0 amide bonds. The lowest BCUT2D eigenvalue weighted by Crippen LogP contribution is -2.10. The van der Waals surface area contributed by atoms with Crippen molar-refractivity contribution < 1.29 is 4.39 Å². The summed E-state index contributed by atoms with van der Waals surface area (Å²) in [4.78, 5) is 0. The van der Waals surface area contributed by atoms with Gasteiger partial charge in [0.15, 0.2) is 0 Å². The van der Waals surface area contributed by atoms with E-state index in [0.29, 0.717) is 5.56 Å². The first-order valence-electron chi connectivity index (χ1n) is 6.06. The first kappa shape index (κ1) is 12.7. The SMILES string of the molecule is CCCC(N)c1cn(-c2ccc(F)c(C)c2)nn1. The lowest BCUT2D eigenvalue weighted by atomic mass is 10.1. The third-order valence-corrected chi connectivity index (χ3v) is 2.90. The zero-order valence-corrected chi connectivity index (χ0v) is 10.6. The highest BCUT2D eigenvalue weighted by atomic mass is 19.1. The van der Waals surface area contributed by atoms with Gasteiger partial charge in [-0.15, -0.1) is 5.10 Å². The molecule has 2 N–H and O–H groups in total. The molecule has 1 unspecified atom stereocenters. The summed E-state index contributed by atoms with van der Waals surface area (Å²) in [6, 6.07) is 4.74. The first-order valence-corrected chi connectivity index (χ1v) is 6.06. The monoisotopic (exact) mass is 248 g/mol. The van der Waals surface area contributed by atoms with Gasteiger partial charge in [0, 0.05) is 0 Å². The van der Waals surface area contributed by atoms with Crippen LogP contribution in [0.25, 0.3) is 5.69 Å². The summed E-state index contributed by atoms with van der Waals surface area (Å²) in [6.07, 6.45) is 3.68. The Morgan fingerprint density at radius 2 is 2.22 bits per heavy atom. The van der Waals surface area contributed by atoms with E-state index >= 15 is 0 Å². The van der Waals surface area contributed by atoms with Gasteiger partial charge in [0.25, 0.3) is 0 Å². The minimum Gasteiger partial charge on any atom is -0.323 e. The molecule has 0 saturated heterocycles. The van der Waals surface area contributed by atoms with Crippen molar-refractivity contribution in [3.63, 3.8) is 0 Å². The molecule has 18 heavy (non-hydrogen) atoms. The summed E-state index contributed by atoms with van der Waals surface area (Å²) in [6.45, 7) is 3.80. The van der Waals surface area contributed by atoms with Gasteiger partial charge in [-0.1, -0.05) is 18.6 Å². The molecule has 0 aliphatic rings. The number of hydrogen-bond donors (Lipinski definition) is 1. The maximum atomic E-state index is 13.2. The Hall–Kier alpha value is -1.75. The highest BCUT2D eigenvalue weighted by Gasteiger charge is 2.10. The molecule has 0 aliphatic carbocycles. The molecule has 0 aliphatic heterocycles. The highest BCUT2D eigenvalue weighted by molar-refractivity contribution is 5.35. The summed E-state index contributed by atoms with van der Waals surface area (Å²) >= 11 is 0. The van der Waals surface area contributed by atoms with Crippen LogP contribution in [0, 0.1) is 12.7 Å². The van der Waals surface area contributed by atoms with Crippen LogP contribution in [0.1, 0.15) is 37.1 Å². The van der Waals surface area contributed by atoms with Crippen LogP contribution >= 0.6 is 0 Å². The second kappa shape index (κ2) is 5.27. The van der Waals surface area contributed by atoms with Crippen molar-refractivity contribution in [3.8, 4) is 5.69 Å². The van der Waals surface area contributed by atoms with Crippen LogP contribution in [0.15, 0.2) is 24.4 Å². The Labute approximate surface area is 106 Å². The number of aryl methyl sites for hydroxylation is 1. The van der Waals surface area contributed by atoms with Gasteiger partial charge in [-0.05, 0) is 37.1 Å².